The van der Waals surface area contributed by atoms with Crippen LogP contribution in [-0.2, 0) is 26.0 Å². The van der Waals surface area contributed by atoms with Gasteiger partial charge in [0.05, 0.1) is 17.7 Å². The average Bonchev–Trinajstić information content (AvgIpc) is 3.31. The van der Waals surface area contributed by atoms with Crippen LogP contribution in [0.25, 0.3) is 5.57 Å². The van der Waals surface area contributed by atoms with E-state index in [0.717, 1.165) is 9.87 Å². The second-order valence-electron chi connectivity index (χ2n) is 7.53. The quantitative estimate of drug-likeness (QED) is 0.542. The summed E-state index contributed by atoms with van der Waals surface area (Å²) < 4.78 is 45.0. The van der Waals surface area contributed by atoms with Gasteiger partial charge in [-0.2, -0.15) is 0 Å². The van der Waals surface area contributed by atoms with Gasteiger partial charge in [-0.15, -0.1) is 0 Å². The van der Waals surface area contributed by atoms with Crippen molar-refractivity contribution in [3.05, 3.63) is 89.1 Å². The molecule has 33 heavy (non-hydrogen) atoms. The zero-order valence-electron chi connectivity index (χ0n) is 18.1. The monoisotopic (exact) mass is 463 g/mol. The third-order valence-corrected chi connectivity index (χ3v) is 7.52. The lowest BCUT2D eigenvalue weighted by Crippen LogP contribution is -2.39. The standard InChI is InChI=1S/C25H21NO6S/c1-3-16-8-4-6-10-19(16)26-24(25(27)30-2)23(17-12-13-20-21(14-17)32-15-31-20)18-9-5-7-11-22(18)33(26,28)29/h4-14H,3,15H2,1-2H3. The summed E-state index contributed by atoms with van der Waals surface area (Å²) >= 11 is 0. The zero-order valence-corrected chi connectivity index (χ0v) is 18.9. The number of hydrogen-bond acceptors (Lipinski definition) is 6. The number of nitrogens with zero attached hydrogens (tertiary/aromatic N) is 1. The molecule has 3 aromatic carbocycles. The first-order valence-corrected chi connectivity index (χ1v) is 11.9. The molecule has 0 N–H and O–H groups in total. The summed E-state index contributed by atoms with van der Waals surface area (Å²) in [6.07, 6.45) is 0.581. The summed E-state index contributed by atoms with van der Waals surface area (Å²) in [7, 11) is -2.87. The van der Waals surface area contributed by atoms with E-state index in [1.807, 2.05) is 19.1 Å². The Kier molecular flexibility index (Phi) is 5.09. The molecule has 0 radical (unpaired) electrons. The Hall–Kier alpha value is -3.78. The van der Waals surface area contributed by atoms with Crippen molar-refractivity contribution in [1.82, 2.24) is 0 Å². The molecule has 0 aromatic heterocycles. The highest BCUT2D eigenvalue weighted by molar-refractivity contribution is 7.93. The van der Waals surface area contributed by atoms with E-state index >= 15 is 0 Å². The number of esters is 1. The SMILES string of the molecule is CCc1ccccc1N1C(C(=O)OC)=C(c2ccc3c(c2)OCO3)c2ccccc2S1(=O)=O. The van der Waals surface area contributed by atoms with Crippen LogP contribution in [0, 0.1) is 0 Å². The number of benzene rings is 3. The van der Waals surface area contributed by atoms with Gasteiger partial charge >= 0.3 is 5.97 Å². The van der Waals surface area contributed by atoms with Crippen LogP contribution in [0.3, 0.4) is 0 Å². The van der Waals surface area contributed by atoms with Crippen LogP contribution in [0.4, 0.5) is 5.69 Å². The van der Waals surface area contributed by atoms with Crippen molar-refractivity contribution in [3.63, 3.8) is 0 Å². The Labute approximate surface area is 191 Å². The van der Waals surface area contributed by atoms with Crippen LogP contribution in [0.15, 0.2) is 77.3 Å². The van der Waals surface area contributed by atoms with E-state index in [4.69, 9.17) is 14.2 Å². The minimum atomic E-state index is -4.11. The first-order chi connectivity index (χ1) is 16.0. The molecule has 0 bridgehead atoms. The molecule has 0 aliphatic carbocycles. The maximum Gasteiger partial charge on any atom is 0.356 e. The normalized spacial score (nSPS) is 15.9. The smallest absolute Gasteiger partial charge is 0.356 e. The largest absolute Gasteiger partial charge is 0.464 e. The van der Waals surface area contributed by atoms with E-state index in [-0.39, 0.29) is 17.4 Å². The van der Waals surface area contributed by atoms with Crippen molar-refractivity contribution in [2.45, 2.75) is 18.2 Å². The average molecular weight is 464 g/mol. The van der Waals surface area contributed by atoms with Crippen molar-refractivity contribution >= 4 is 27.3 Å². The third-order valence-electron chi connectivity index (χ3n) is 5.75. The lowest BCUT2D eigenvalue weighted by atomic mass is 9.94. The van der Waals surface area contributed by atoms with E-state index in [1.54, 1.807) is 54.6 Å². The Morgan fingerprint density at radius 3 is 2.52 bits per heavy atom. The topological polar surface area (TPSA) is 82.1 Å². The molecule has 0 saturated carbocycles. The van der Waals surface area contributed by atoms with Crippen LogP contribution >= 0.6 is 0 Å². The fourth-order valence-corrected chi connectivity index (χ4v) is 5.97. The van der Waals surface area contributed by atoms with Crippen molar-refractivity contribution in [2.75, 3.05) is 18.2 Å². The molecule has 7 nitrogen and oxygen atoms in total. The summed E-state index contributed by atoms with van der Waals surface area (Å²) in [5, 5.41) is 0. The van der Waals surface area contributed by atoms with E-state index in [0.29, 0.717) is 40.3 Å². The van der Waals surface area contributed by atoms with Crippen LogP contribution in [0.5, 0.6) is 11.5 Å². The molecule has 2 aliphatic rings. The number of carbonyl (C=O) groups is 1. The highest BCUT2D eigenvalue weighted by Gasteiger charge is 2.42. The van der Waals surface area contributed by atoms with Crippen LogP contribution in [0.2, 0.25) is 0 Å². The van der Waals surface area contributed by atoms with E-state index in [2.05, 4.69) is 0 Å². The van der Waals surface area contributed by atoms with E-state index < -0.39 is 16.0 Å². The summed E-state index contributed by atoms with van der Waals surface area (Å²) in [5.74, 6) is 0.353. The highest BCUT2D eigenvalue weighted by atomic mass is 32.2. The first-order valence-electron chi connectivity index (χ1n) is 10.4. The molecular formula is C25H21NO6S. The van der Waals surface area contributed by atoms with Crippen molar-refractivity contribution in [1.29, 1.82) is 0 Å². The Balaban J connectivity index is 1.90. The first kappa shape index (κ1) is 21.1. The number of carbonyl (C=O) groups excluding carboxylic acids is 1. The molecule has 5 rings (SSSR count). The molecule has 0 fully saturated rings. The summed E-state index contributed by atoms with van der Waals surface area (Å²) in [6.45, 7) is 2.03. The lowest BCUT2D eigenvalue weighted by molar-refractivity contribution is -0.136. The van der Waals surface area contributed by atoms with Gasteiger partial charge in [-0.3, -0.25) is 0 Å². The number of methoxy groups -OCH3 is 1. The second-order valence-corrected chi connectivity index (χ2v) is 9.29. The molecule has 168 valence electrons. The van der Waals surface area contributed by atoms with E-state index in [9.17, 15) is 13.2 Å². The molecule has 8 heteroatoms. The van der Waals surface area contributed by atoms with Crippen LogP contribution in [0.1, 0.15) is 23.6 Å². The molecule has 0 amide bonds. The van der Waals surface area contributed by atoms with Crippen molar-refractivity contribution in [3.8, 4) is 11.5 Å². The number of para-hydroxylation sites is 1. The van der Waals surface area contributed by atoms with Crippen LogP contribution in [-0.4, -0.2) is 28.3 Å². The molecule has 0 unspecified atom stereocenters. The summed E-state index contributed by atoms with van der Waals surface area (Å²) in [4.78, 5) is 13.3. The number of aryl methyl sites for hydroxylation is 1. The lowest BCUT2D eigenvalue weighted by Gasteiger charge is -2.34. The summed E-state index contributed by atoms with van der Waals surface area (Å²) in [5.41, 5.74) is 2.59. The predicted molar refractivity (Wildman–Crippen MR) is 123 cm³/mol. The zero-order chi connectivity index (χ0) is 23.2. The number of ether oxygens (including phenoxy) is 3. The maximum atomic E-state index is 13.9. The van der Waals surface area contributed by atoms with Gasteiger partial charge in [0.2, 0.25) is 6.79 Å². The minimum Gasteiger partial charge on any atom is -0.464 e. The minimum absolute atomic E-state index is 0.0732. The predicted octanol–water partition coefficient (Wildman–Crippen LogP) is 4.12. The van der Waals surface area contributed by atoms with Gasteiger partial charge in [-0.25, -0.2) is 17.5 Å². The Bertz CT molecular complexity index is 1410. The molecule has 0 saturated heterocycles. The Morgan fingerprint density at radius 1 is 1.00 bits per heavy atom. The number of anilines is 1. The van der Waals surface area contributed by atoms with Gasteiger partial charge in [0.15, 0.2) is 17.2 Å². The second kappa shape index (κ2) is 7.97. The number of hydrogen-bond donors (Lipinski definition) is 0. The van der Waals surface area contributed by atoms with Crippen molar-refractivity contribution < 1.29 is 27.4 Å². The van der Waals surface area contributed by atoms with Crippen LogP contribution < -0.4 is 13.8 Å². The molecule has 3 aromatic rings. The molecule has 0 atom stereocenters. The highest BCUT2D eigenvalue weighted by Crippen LogP contribution is 2.45. The van der Waals surface area contributed by atoms with E-state index in [1.165, 1.54) is 7.11 Å². The molecule has 0 spiro atoms. The fraction of sp³-hybridized carbons (Fsp3) is 0.160. The van der Waals surface area contributed by atoms with Gasteiger partial charge in [0, 0.05) is 11.1 Å². The van der Waals surface area contributed by atoms with Gasteiger partial charge in [0.1, 0.15) is 0 Å². The Morgan fingerprint density at radius 2 is 1.73 bits per heavy atom. The van der Waals surface area contributed by atoms with Gasteiger partial charge in [0.25, 0.3) is 10.0 Å². The van der Waals surface area contributed by atoms with Gasteiger partial charge in [-0.1, -0.05) is 49.4 Å². The van der Waals surface area contributed by atoms with Gasteiger partial charge in [-0.05, 0) is 41.8 Å². The summed E-state index contributed by atoms with van der Waals surface area (Å²) in [6, 6.07) is 19.1. The third kappa shape index (κ3) is 3.25. The van der Waals surface area contributed by atoms with Gasteiger partial charge < -0.3 is 14.2 Å². The molecule has 2 heterocycles. The molecular weight excluding hydrogens is 442 g/mol. The molecule has 2 aliphatic heterocycles. The number of fused-ring (bicyclic) bond motifs is 2. The maximum absolute atomic E-state index is 13.9. The fourth-order valence-electron chi connectivity index (χ4n) is 4.23. The van der Waals surface area contributed by atoms with Crippen molar-refractivity contribution in [2.24, 2.45) is 0 Å². The number of sulfonamides is 1. The number of rotatable bonds is 4.